The number of carbonyl (C=O) groups excluding carboxylic acids is 2. The Bertz CT molecular complexity index is 990. The SMILES string of the molecule is COc1ccc(C(=O)N[C@H](CCSC)C(=O)Nc2ccc(-c3ccccc3)cc2)cc1. The Balaban J connectivity index is 1.66. The summed E-state index contributed by atoms with van der Waals surface area (Å²) in [6.07, 6.45) is 2.51. The van der Waals surface area contributed by atoms with Crippen LogP contribution in [0.25, 0.3) is 11.1 Å². The first kappa shape index (κ1) is 22.4. The first-order valence-electron chi connectivity index (χ1n) is 10.0. The first-order valence-corrected chi connectivity index (χ1v) is 11.4. The molecule has 2 N–H and O–H groups in total. The van der Waals surface area contributed by atoms with Gasteiger partial charge in [0.05, 0.1) is 7.11 Å². The van der Waals surface area contributed by atoms with Crippen LogP contribution >= 0.6 is 11.8 Å². The highest BCUT2D eigenvalue weighted by molar-refractivity contribution is 7.98. The number of nitrogens with one attached hydrogen (secondary N) is 2. The Morgan fingerprint density at radius 1 is 0.903 bits per heavy atom. The Morgan fingerprint density at radius 2 is 1.55 bits per heavy atom. The van der Waals surface area contributed by atoms with Crippen LogP contribution in [-0.4, -0.2) is 37.0 Å². The molecule has 0 aromatic heterocycles. The van der Waals surface area contributed by atoms with Crippen molar-refractivity contribution in [1.82, 2.24) is 5.32 Å². The fraction of sp³-hybridized carbons (Fsp3) is 0.200. The summed E-state index contributed by atoms with van der Waals surface area (Å²) in [7, 11) is 1.57. The van der Waals surface area contributed by atoms with Gasteiger partial charge >= 0.3 is 0 Å². The van der Waals surface area contributed by atoms with Crippen LogP contribution in [0.1, 0.15) is 16.8 Å². The molecule has 31 heavy (non-hydrogen) atoms. The van der Waals surface area contributed by atoms with Gasteiger partial charge in [0.1, 0.15) is 11.8 Å². The maximum absolute atomic E-state index is 12.9. The minimum Gasteiger partial charge on any atom is -0.497 e. The third-order valence-electron chi connectivity index (χ3n) is 4.84. The van der Waals surface area contributed by atoms with Crippen LogP contribution < -0.4 is 15.4 Å². The molecule has 0 heterocycles. The molecule has 0 aliphatic rings. The number of carbonyl (C=O) groups is 2. The summed E-state index contributed by atoms with van der Waals surface area (Å²) in [5, 5.41) is 5.78. The molecule has 160 valence electrons. The fourth-order valence-electron chi connectivity index (χ4n) is 3.09. The van der Waals surface area contributed by atoms with Crippen molar-refractivity contribution in [1.29, 1.82) is 0 Å². The van der Waals surface area contributed by atoms with Gasteiger partial charge in [-0.15, -0.1) is 0 Å². The van der Waals surface area contributed by atoms with E-state index in [1.165, 1.54) is 0 Å². The average Bonchev–Trinajstić information content (AvgIpc) is 2.82. The van der Waals surface area contributed by atoms with E-state index in [4.69, 9.17) is 4.74 Å². The van der Waals surface area contributed by atoms with Gasteiger partial charge in [-0.1, -0.05) is 42.5 Å². The predicted molar refractivity (Wildman–Crippen MR) is 128 cm³/mol. The Hall–Kier alpha value is -3.25. The van der Waals surface area contributed by atoms with Crippen molar-refractivity contribution in [3.63, 3.8) is 0 Å². The molecule has 0 saturated carbocycles. The second kappa shape index (κ2) is 11.2. The number of rotatable bonds is 9. The van der Waals surface area contributed by atoms with Gasteiger partial charge in [-0.2, -0.15) is 11.8 Å². The molecule has 3 aromatic carbocycles. The lowest BCUT2D eigenvalue weighted by molar-refractivity contribution is -0.118. The summed E-state index contributed by atoms with van der Waals surface area (Å²) >= 11 is 1.63. The Morgan fingerprint density at radius 3 is 2.16 bits per heavy atom. The van der Waals surface area contributed by atoms with Crippen molar-refractivity contribution in [3.05, 3.63) is 84.4 Å². The van der Waals surface area contributed by atoms with E-state index in [-0.39, 0.29) is 11.8 Å². The van der Waals surface area contributed by atoms with Crippen molar-refractivity contribution >= 4 is 29.3 Å². The lowest BCUT2D eigenvalue weighted by Crippen LogP contribution is -2.44. The van der Waals surface area contributed by atoms with Gasteiger partial charge in [-0.05, 0) is 66.0 Å². The first-order chi connectivity index (χ1) is 15.1. The molecule has 0 fully saturated rings. The van der Waals surface area contributed by atoms with Crippen LogP contribution in [-0.2, 0) is 4.79 Å². The highest BCUT2D eigenvalue weighted by Gasteiger charge is 2.21. The minimum absolute atomic E-state index is 0.233. The van der Waals surface area contributed by atoms with Gasteiger partial charge < -0.3 is 15.4 Å². The van der Waals surface area contributed by atoms with Gasteiger partial charge in [0.2, 0.25) is 5.91 Å². The van der Waals surface area contributed by atoms with E-state index in [1.54, 1.807) is 43.1 Å². The van der Waals surface area contributed by atoms with Gasteiger partial charge in [-0.25, -0.2) is 0 Å². The number of hydrogen-bond acceptors (Lipinski definition) is 4. The molecule has 0 spiro atoms. The normalized spacial score (nSPS) is 11.4. The van der Waals surface area contributed by atoms with Crippen LogP contribution in [0, 0.1) is 0 Å². The summed E-state index contributed by atoms with van der Waals surface area (Å²) in [6.45, 7) is 0. The monoisotopic (exact) mass is 434 g/mol. The van der Waals surface area contributed by atoms with Crippen molar-refractivity contribution < 1.29 is 14.3 Å². The van der Waals surface area contributed by atoms with Crippen molar-refractivity contribution in [2.75, 3.05) is 24.4 Å². The fourth-order valence-corrected chi connectivity index (χ4v) is 3.57. The van der Waals surface area contributed by atoms with E-state index in [1.807, 2.05) is 60.9 Å². The van der Waals surface area contributed by atoms with Crippen LogP contribution in [0.3, 0.4) is 0 Å². The van der Waals surface area contributed by atoms with Crippen molar-refractivity contribution in [2.24, 2.45) is 0 Å². The predicted octanol–water partition coefficient (Wildman–Crippen LogP) is 4.85. The van der Waals surface area contributed by atoms with Crippen LogP contribution in [0.5, 0.6) is 5.75 Å². The lowest BCUT2D eigenvalue weighted by Gasteiger charge is -2.18. The van der Waals surface area contributed by atoms with E-state index < -0.39 is 6.04 Å². The summed E-state index contributed by atoms with van der Waals surface area (Å²) in [5.74, 6) is 0.910. The number of hydrogen-bond donors (Lipinski definition) is 2. The molecule has 3 aromatic rings. The average molecular weight is 435 g/mol. The third kappa shape index (κ3) is 6.36. The maximum atomic E-state index is 12.9. The zero-order valence-corrected chi connectivity index (χ0v) is 18.4. The molecule has 2 amide bonds. The van der Waals surface area contributed by atoms with Gasteiger partial charge in [-0.3, -0.25) is 9.59 Å². The number of methoxy groups -OCH3 is 1. The molecular formula is C25H26N2O3S. The molecule has 1 atom stereocenters. The Labute approximate surface area is 187 Å². The van der Waals surface area contributed by atoms with Crippen molar-refractivity contribution in [2.45, 2.75) is 12.5 Å². The van der Waals surface area contributed by atoms with Crippen LogP contribution in [0.4, 0.5) is 5.69 Å². The minimum atomic E-state index is -0.629. The molecule has 0 aliphatic heterocycles. The van der Waals surface area contributed by atoms with Crippen LogP contribution in [0.15, 0.2) is 78.9 Å². The van der Waals surface area contributed by atoms with E-state index in [0.717, 1.165) is 16.9 Å². The molecule has 0 aliphatic carbocycles. The summed E-state index contributed by atoms with van der Waals surface area (Å²) < 4.78 is 5.13. The number of ether oxygens (including phenoxy) is 1. The van der Waals surface area contributed by atoms with Crippen molar-refractivity contribution in [3.8, 4) is 16.9 Å². The van der Waals surface area contributed by atoms with E-state index in [0.29, 0.717) is 23.4 Å². The zero-order valence-electron chi connectivity index (χ0n) is 17.6. The second-order valence-electron chi connectivity index (χ2n) is 6.97. The maximum Gasteiger partial charge on any atom is 0.251 e. The largest absolute Gasteiger partial charge is 0.497 e. The summed E-state index contributed by atoms with van der Waals surface area (Å²) in [6, 6.07) is 23.9. The van der Waals surface area contributed by atoms with E-state index in [2.05, 4.69) is 10.6 Å². The second-order valence-corrected chi connectivity index (χ2v) is 7.95. The quantitative estimate of drug-likeness (QED) is 0.505. The molecule has 0 unspecified atom stereocenters. The number of amides is 2. The van der Waals surface area contributed by atoms with Crippen LogP contribution in [0.2, 0.25) is 0 Å². The summed E-state index contributed by atoms with van der Waals surface area (Å²) in [5.41, 5.74) is 3.36. The number of thioether (sulfide) groups is 1. The molecule has 5 nitrogen and oxygen atoms in total. The van der Waals surface area contributed by atoms with E-state index >= 15 is 0 Å². The number of benzene rings is 3. The highest BCUT2D eigenvalue weighted by Crippen LogP contribution is 2.21. The number of anilines is 1. The molecule has 3 rings (SSSR count). The third-order valence-corrected chi connectivity index (χ3v) is 5.49. The lowest BCUT2D eigenvalue weighted by atomic mass is 10.1. The van der Waals surface area contributed by atoms with E-state index in [9.17, 15) is 9.59 Å². The topological polar surface area (TPSA) is 67.4 Å². The molecule has 0 bridgehead atoms. The highest BCUT2D eigenvalue weighted by atomic mass is 32.2. The smallest absolute Gasteiger partial charge is 0.251 e. The molecule has 0 saturated heterocycles. The Kier molecular flexibility index (Phi) is 8.12. The van der Waals surface area contributed by atoms with Gasteiger partial charge in [0.25, 0.3) is 5.91 Å². The summed E-state index contributed by atoms with van der Waals surface area (Å²) in [4.78, 5) is 25.5. The van der Waals surface area contributed by atoms with Gasteiger partial charge in [0.15, 0.2) is 0 Å². The zero-order chi connectivity index (χ0) is 22.1. The molecule has 6 heteroatoms. The standard InChI is InChI=1S/C25H26N2O3S/c1-30-22-14-10-20(11-15-22)24(28)27-23(16-17-31-2)25(29)26-21-12-8-19(9-13-21)18-6-4-3-5-7-18/h3-15,23H,16-17H2,1-2H3,(H,26,29)(H,27,28)/t23-/m1/s1. The van der Waals surface area contributed by atoms with Gasteiger partial charge in [0, 0.05) is 11.3 Å². The molecule has 0 radical (unpaired) electrons. The molecular weight excluding hydrogens is 408 g/mol.